The van der Waals surface area contributed by atoms with Crippen LogP contribution in [-0.2, 0) is 4.74 Å². The van der Waals surface area contributed by atoms with Crippen molar-refractivity contribution < 1.29 is 9.53 Å². The van der Waals surface area contributed by atoms with E-state index in [9.17, 15) is 4.79 Å². The number of nitrogens with zero attached hydrogens (tertiary/aromatic N) is 4. The molecule has 1 fully saturated rings. The number of carbonyl (C=O) groups is 1. The third-order valence-corrected chi connectivity index (χ3v) is 4.54. The van der Waals surface area contributed by atoms with Gasteiger partial charge in [0.05, 0.1) is 19.4 Å². The Morgan fingerprint density at radius 3 is 2.73 bits per heavy atom. The van der Waals surface area contributed by atoms with Gasteiger partial charge in [0.15, 0.2) is 5.65 Å². The lowest BCUT2D eigenvalue weighted by Gasteiger charge is -2.29. The molecule has 0 spiro atoms. The van der Waals surface area contributed by atoms with E-state index in [0.29, 0.717) is 30.2 Å². The van der Waals surface area contributed by atoms with Crippen molar-refractivity contribution in [1.29, 1.82) is 0 Å². The highest BCUT2D eigenvalue weighted by Gasteiger charge is 2.18. The van der Waals surface area contributed by atoms with E-state index in [4.69, 9.17) is 4.74 Å². The Balaban J connectivity index is 1.67. The molecule has 0 saturated carbocycles. The minimum absolute atomic E-state index is 0.160. The van der Waals surface area contributed by atoms with E-state index in [0.717, 1.165) is 30.0 Å². The molecule has 0 bridgehead atoms. The molecule has 26 heavy (non-hydrogen) atoms. The van der Waals surface area contributed by atoms with Crippen molar-refractivity contribution in [3.63, 3.8) is 0 Å². The van der Waals surface area contributed by atoms with Crippen LogP contribution in [0.5, 0.6) is 0 Å². The zero-order valence-corrected chi connectivity index (χ0v) is 14.9. The molecule has 1 aromatic carbocycles. The van der Waals surface area contributed by atoms with Gasteiger partial charge < -0.3 is 15.0 Å². The first kappa shape index (κ1) is 16.5. The molecule has 1 N–H and O–H groups in total. The van der Waals surface area contributed by atoms with Crippen molar-refractivity contribution >= 4 is 23.2 Å². The van der Waals surface area contributed by atoms with Crippen LogP contribution in [0.15, 0.2) is 36.5 Å². The number of hydrogen-bond donors (Lipinski definition) is 1. The van der Waals surface area contributed by atoms with Gasteiger partial charge in [0.1, 0.15) is 11.6 Å². The summed E-state index contributed by atoms with van der Waals surface area (Å²) < 4.78 is 7.22. The van der Waals surface area contributed by atoms with Crippen molar-refractivity contribution in [2.24, 2.45) is 0 Å². The fourth-order valence-electron chi connectivity index (χ4n) is 3.23. The molecule has 0 aliphatic carbocycles. The predicted octanol–water partition coefficient (Wildman–Crippen LogP) is 2.44. The summed E-state index contributed by atoms with van der Waals surface area (Å²) in [6.07, 6.45) is 1.71. The van der Waals surface area contributed by atoms with Gasteiger partial charge in [0, 0.05) is 30.8 Å². The highest BCUT2D eigenvalue weighted by atomic mass is 16.5. The first-order chi connectivity index (χ1) is 12.6. The van der Waals surface area contributed by atoms with Gasteiger partial charge in [-0.25, -0.2) is 4.98 Å². The van der Waals surface area contributed by atoms with E-state index in [1.54, 1.807) is 10.7 Å². The third kappa shape index (κ3) is 3.13. The molecule has 4 rings (SSSR count). The summed E-state index contributed by atoms with van der Waals surface area (Å²) in [5.41, 5.74) is 3.43. The topological polar surface area (TPSA) is 71.8 Å². The smallest absolute Gasteiger partial charge is 0.257 e. The van der Waals surface area contributed by atoms with Gasteiger partial charge in [-0.2, -0.15) is 9.61 Å². The average Bonchev–Trinajstić information content (AvgIpc) is 3.10. The van der Waals surface area contributed by atoms with E-state index in [-0.39, 0.29) is 5.91 Å². The molecule has 1 saturated heterocycles. The summed E-state index contributed by atoms with van der Waals surface area (Å²) in [5.74, 6) is 1.26. The van der Waals surface area contributed by atoms with Crippen LogP contribution in [0, 0.1) is 13.8 Å². The van der Waals surface area contributed by atoms with Gasteiger partial charge in [0.25, 0.3) is 5.91 Å². The van der Waals surface area contributed by atoms with Crippen LogP contribution in [0.1, 0.15) is 21.5 Å². The number of hydrogen-bond acceptors (Lipinski definition) is 5. The lowest BCUT2D eigenvalue weighted by Crippen LogP contribution is -2.37. The summed E-state index contributed by atoms with van der Waals surface area (Å²) in [6, 6.07) is 9.49. The number of nitrogens with one attached hydrogen (secondary N) is 1. The van der Waals surface area contributed by atoms with Crippen LogP contribution in [0.3, 0.4) is 0 Å². The highest BCUT2D eigenvalue weighted by molar-refractivity contribution is 6.05. The Morgan fingerprint density at radius 1 is 1.15 bits per heavy atom. The molecular formula is C19H21N5O2. The van der Waals surface area contributed by atoms with Crippen molar-refractivity contribution in [3.05, 3.63) is 53.2 Å². The normalized spacial score (nSPS) is 14.6. The van der Waals surface area contributed by atoms with Crippen molar-refractivity contribution in [2.45, 2.75) is 13.8 Å². The molecule has 1 amide bonds. The van der Waals surface area contributed by atoms with Crippen LogP contribution >= 0.6 is 0 Å². The van der Waals surface area contributed by atoms with Crippen LogP contribution in [-0.4, -0.2) is 46.8 Å². The van der Waals surface area contributed by atoms with E-state index in [1.807, 2.05) is 44.2 Å². The van der Waals surface area contributed by atoms with Gasteiger partial charge in [0.2, 0.25) is 0 Å². The molecule has 1 aliphatic heterocycles. The maximum Gasteiger partial charge on any atom is 0.257 e. The van der Waals surface area contributed by atoms with E-state index < -0.39 is 0 Å². The molecule has 134 valence electrons. The van der Waals surface area contributed by atoms with Gasteiger partial charge in [-0.15, -0.1) is 0 Å². The monoisotopic (exact) mass is 351 g/mol. The van der Waals surface area contributed by atoms with Gasteiger partial charge >= 0.3 is 0 Å². The number of fused-ring (bicyclic) bond motifs is 1. The van der Waals surface area contributed by atoms with Crippen LogP contribution in [0.25, 0.3) is 5.65 Å². The first-order valence-corrected chi connectivity index (χ1v) is 8.68. The lowest BCUT2D eigenvalue weighted by atomic mass is 10.1. The van der Waals surface area contributed by atoms with Crippen molar-refractivity contribution in [1.82, 2.24) is 14.6 Å². The molecule has 3 heterocycles. The number of aryl methyl sites for hydroxylation is 2. The maximum absolute atomic E-state index is 12.7. The largest absolute Gasteiger partial charge is 0.378 e. The predicted molar refractivity (Wildman–Crippen MR) is 99.9 cm³/mol. The summed E-state index contributed by atoms with van der Waals surface area (Å²) in [4.78, 5) is 19.4. The lowest BCUT2D eigenvalue weighted by molar-refractivity contribution is 0.102. The van der Waals surface area contributed by atoms with Gasteiger partial charge in [-0.3, -0.25) is 4.79 Å². The molecule has 7 nitrogen and oxygen atoms in total. The molecule has 7 heteroatoms. The summed E-state index contributed by atoms with van der Waals surface area (Å²) in [6.45, 7) is 6.87. The molecule has 0 atom stereocenters. The van der Waals surface area contributed by atoms with E-state index in [1.165, 1.54) is 0 Å². The number of amides is 1. The van der Waals surface area contributed by atoms with Crippen molar-refractivity contribution in [2.75, 3.05) is 36.5 Å². The van der Waals surface area contributed by atoms with Gasteiger partial charge in [-0.05, 0) is 25.5 Å². The second-order valence-corrected chi connectivity index (χ2v) is 6.47. The number of morpholine rings is 1. The molecule has 0 unspecified atom stereocenters. The fraction of sp³-hybridized carbons (Fsp3) is 0.316. The number of anilines is 2. The SMILES string of the molecule is Cc1ccc(C(=O)Nc2cc(N3CCOCC3)n3nccc3n2)c(C)c1. The highest BCUT2D eigenvalue weighted by Crippen LogP contribution is 2.22. The second-order valence-electron chi connectivity index (χ2n) is 6.47. The van der Waals surface area contributed by atoms with Crippen LogP contribution < -0.4 is 10.2 Å². The molecule has 0 radical (unpaired) electrons. The number of aromatic nitrogens is 3. The average molecular weight is 351 g/mol. The van der Waals surface area contributed by atoms with Crippen LogP contribution in [0.4, 0.5) is 11.6 Å². The molecule has 1 aliphatic rings. The fourth-order valence-corrected chi connectivity index (χ4v) is 3.23. The minimum Gasteiger partial charge on any atom is -0.378 e. The molecular weight excluding hydrogens is 330 g/mol. The third-order valence-electron chi connectivity index (χ3n) is 4.54. The minimum atomic E-state index is -0.160. The van der Waals surface area contributed by atoms with Gasteiger partial charge in [-0.1, -0.05) is 17.7 Å². The number of carbonyl (C=O) groups excluding carboxylic acids is 1. The second kappa shape index (κ2) is 6.76. The number of benzene rings is 1. The number of rotatable bonds is 3. The summed E-state index contributed by atoms with van der Waals surface area (Å²) in [7, 11) is 0. The standard InChI is InChI=1S/C19H21N5O2/c1-13-3-4-15(14(2)11-13)19(25)22-16-12-18(23-7-9-26-10-8-23)24-17(21-16)5-6-20-24/h3-6,11-12H,7-10H2,1-2H3,(H,21,22,25). The van der Waals surface area contributed by atoms with E-state index in [2.05, 4.69) is 20.3 Å². The van der Waals surface area contributed by atoms with E-state index >= 15 is 0 Å². The Bertz CT molecular complexity index is 960. The Kier molecular flexibility index (Phi) is 4.30. The maximum atomic E-state index is 12.7. The molecule has 3 aromatic rings. The summed E-state index contributed by atoms with van der Waals surface area (Å²) in [5, 5.41) is 7.29. The molecule has 2 aromatic heterocycles. The van der Waals surface area contributed by atoms with Crippen molar-refractivity contribution in [3.8, 4) is 0 Å². The Morgan fingerprint density at radius 2 is 1.96 bits per heavy atom. The Hall–Kier alpha value is -2.93. The first-order valence-electron chi connectivity index (χ1n) is 8.68. The summed E-state index contributed by atoms with van der Waals surface area (Å²) >= 11 is 0. The quantitative estimate of drug-likeness (QED) is 0.785. The van der Waals surface area contributed by atoms with Crippen LogP contribution in [0.2, 0.25) is 0 Å². The Labute approximate surface area is 151 Å². The zero-order valence-electron chi connectivity index (χ0n) is 14.9. The number of ether oxygens (including phenoxy) is 1. The zero-order chi connectivity index (χ0) is 18.1.